The molecule has 104 valence electrons. The number of hydrogen-bond donors (Lipinski definition) is 4. The van der Waals surface area contributed by atoms with Gasteiger partial charge in [-0.3, -0.25) is 4.79 Å². The molecule has 0 spiro atoms. The Morgan fingerprint density at radius 3 is 2.47 bits per heavy atom. The van der Waals surface area contributed by atoms with Crippen molar-refractivity contribution in [1.82, 2.24) is 10.6 Å². The van der Waals surface area contributed by atoms with Crippen molar-refractivity contribution in [1.29, 1.82) is 0 Å². The standard InChI is InChI=1S/C10H11ClN2O5S/c11-7-2-1-5(19-7)4-12-10(18)13-6(9(16)17)3-8(14)15/h1-2,6H,3-4H2,(H,14,15)(H,16,17)(H2,12,13,18)/t6-/m0/s1. The highest BCUT2D eigenvalue weighted by molar-refractivity contribution is 7.16. The van der Waals surface area contributed by atoms with Crippen LogP contribution in [-0.2, 0) is 16.1 Å². The molecule has 7 nitrogen and oxygen atoms in total. The van der Waals surface area contributed by atoms with Crippen molar-refractivity contribution in [2.75, 3.05) is 0 Å². The molecule has 1 heterocycles. The monoisotopic (exact) mass is 306 g/mol. The number of rotatable bonds is 6. The summed E-state index contributed by atoms with van der Waals surface area (Å²) in [6.07, 6.45) is -0.687. The molecule has 4 N–H and O–H groups in total. The summed E-state index contributed by atoms with van der Waals surface area (Å²) >= 11 is 6.98. The summed E-state index contributed by atoms with van der Waals surface area (Å²) in [6.45, 7) is 0.183. The van der Waals surface area contributed by atoms with Crippen molar-refractivity contribution in [3.8, 4) is 0 Å². The SMILES string of the molecule is O=C(O)C[C@H](NC(=O)NCc1ccc(Cl)s1)C(=O)O. The minimum atomic E-state index is -1.47. The first kappa shape index (κ1) is 15.3. The Morgan fingerprint density at radius 1 is 1.32 bits per heavy atom. The van der Waals surface area contributed by atoms with Crippen LogP contribution in [-0.4, -0.2) is 34.2 Å². The molecule has 0 unspecified atom stereocenters. The Labute approximate surface area is 117 Å². The summed E-state index contributed by atoms with van der Waals surface area (Å²) in [5.41, 5.74) is 0. The molecule has 1 aromatic rings. The summed E-state index contributed by atoms with van der Waals surface area (Å²) in [4.78, 5) is 33.4. The predicted molar refractivity (Wildman–Crippen MR) is 68.4 cm³/mol. The number of carbonyl (C=O) groups is 3. The molecule has 0 aliphatic rings. The molecule has 0 aromatic carbocycles. The Morgan fingerprint density at radius 2 is 2.00 bits per heavy atom. The van der Waals surface area contributed by atoms with E-state index in [0.29, 0.717) is 4.34 Å². The number of hydrogen-bond acceptors (Lipinski definition) is 4. The molecule has 1 aromatic heterocycles. The lowest BCUT2D eigenvalue weighted by molar-refractivity contribution is -0.145. The van der Waals surface area contributed by atoms with Crippen LogP contribution >= 0.6 is 22.9 Å². The highest BCUT2D eigenvalue weighted by Crippen LogP contribution is 2.20. The van der Waals surface area contributed by atoms with E-state index in [4.69, 9.17) is 21.8 Å². The van der Waals surface area contributed by atoms with Gasteiger partial charge < -0.3 is 20.8 Å². The van der Waals surface area contributed by atoms with Crippen molar-refractivity contribution in [3.05, 3.63) is 21.3 Å². The number of halogens is 1. The third-order valence-electron chi connectivity index (χ3n) is 2.03. The number of nitrogens with one attached hydrogen (secondary N) is 2. The first-order chi connectivity index (χ1) is 8.88. The second-order valence-corrected chi connectivity index (χ2v) is 5.32. The lowest BCUT2D eigenvalue weighted by Gasteiger charge is -2.12. The van der Waals surface area contributed by atoms with Crippen molar-refractivity contribution >= 4 is 40.9 Å². The normalized spacial score (nSPS) is 11.6. The zero-order chi connectivity index (χ0) is 14.4. The first-order valence-corrected chi connectivity index (χ1v) is 6.31. The summed E-state index contributed by atoms with van der Waals surface area (Å²) in [5.74, 6) is -2.71. The number of carboxylic acid groups (broad SMARTS) is 2. The number of amides is 2. The van der Waals surface area contributed by atoms with Gasteiger partial charge in [-0.05, 0) is 12.1 Å². The van der Waals surface area contributed by atoms with Crippen LogP contribution < -0.4 is 10.6 Å². The quantitative estimate of drug-likeness (QED) is 0.629. The summed E-state index contributed by atoms with van der Waals surface area (Å²) in [5, 5.41) is 21.7. The zero-order valence-electron chi connectivity index (χ0n) is 9.55. The molecule has 1 rings (SSSR count). The number of thiophene rings is 1. The van der Waals surface area contributed by atoms with E-state index in [1.54, 1.807) is 12.1 Å². The summed E-state index contributed by atoms with van der Waals surface area (Å²) in [6, 6.07) is 1.17. The number of carbonyl (C=O) groups excluding carboxylic acids is 1. The molecular formula is C10H11ClN2O5S. The van der Waals surface area contributed by atoms with Crippen LogP contribution in [0.1, 0.15) is 11.3 Å². The minimum Gasteiger partial charge on any atom is -0.481 e. The molecule has 0 aliphatic carbocycles. The maximum absolute atomic E-state index is 11.4. The highest BCUT2D eigenvalue weighted by atomic mass is 35.5. The molecule has 2 amide bonds. The molecule has 0 bridgehead atoms. The number of urea groups is 1. The van der Waals surface area contributed by atoms with Gasteiger partial charge in [0, 0.05) is 4.88 Å². The fourth-order valence-electron chi connectivity index (χ4n) is 1.20. The van der Waals surface area contributed by atoms with Gasteiger partial charge in [0.2, 0.25) is 0 Å². The lowest BCUT2D eigenvalue weighted by atomic mass is 10.2. The van der Waals surface area contributed by atoms with Gasteiger partial charge in [-0.2, -0.15) is 0 Å². The van der Waals surface area contributed by atoms with Gasteiger partial charge in [0.1, 0.15) is 6.04 Å². The number of carboxylic acids is 2. The average molecular weight is 307 g/mol. The van der Waals surface area contributed by atoms with Crippen molar-refractivity contribution in [2.24, 2.45) is 0 Å². The van der Waals surface area contributed by atoms with Crippen molar-refractivity contribution in [2.45, 2.75) is 19.0 Å². The van der Waals surface area contributed by atoms with E-state index >= 15 is 0 Å². The molecule has 0 fully saturated rings. The zero-order valence-corrected chi connectivity index (χ0v) is 11.1. The summed E-state index contributed by atoms with van der Waals surface area (Å²) < 4.78 is 0.575. The topological polar surface area (TPSA) is 116 Å². The molecule has 0 saturated heterocycles. The van der Waals surface area contributed by atoms with Gasteiger partial charge in [-0.1, -0.05) is 11.6 Å². The fraction of sp³-hybridized carbons (Fsp3) is 0.300. The van der Waals surface area contributed by atoms with Crippen LogP contribution in [0.4, 0.5) is 4.79 Å². The Bertz CT molecular complexity index is 490. The highest BCUT2D eigenvalue weighted by Gasteiger charge is 2.22. The third kappa shape index (κ3) is 5.58. The molecule has 19 heavy (non-hydrogen) atoms. The Balaban J connectivity index is 2.44. The predicted octanol–water partition coefficient (Wildman–Crippen LogP) is 1.13. The molecular weight excluding hydrogens is 296 g/mol. The van der Waals surface area contributed by atoms with Crippen LogP contribution in [0.3, 0.4) is 0 Å². The van der Waals surface area contributed by atoms with E-state index in [0.717, 1.165) is 4.88 Å². The maximum Gasteiger partial charge on any atom is 0.326 e. The molecule has 0 saturated carbocycles. The van der Waals surface area contributed by atoms with E-state index in [1.807, 2.05) is 0 Å². The largest absolute Gasteiger partial charge is 0.481 e. The van der Waals surface area contributed by atoms with E-state index in [9.17, 15) is 14.4 Å². The molecule has 0 aliphatic heterocycles. The van der Waals surface area contributed by atoms with E-state index in [-0.39, 0.29) is 6.54 Å². The van der Waals surface area contributed by atoms with Gasteiger partial charge in [-0.15, -0.1) is 11.3 Å². The smallest absolute Gasteiger partial charge is 0.326 e. The van der Waals surface area contributed by atoms with Gasteiger partial charge in [0.25, 0.3) is 0 Å². The molecule has 9 heteroatoms. The van der Waals surface area contributed by atoms with Crippen LogP contribution in [0.5, 0.6) is 0 Å². The fourth-order valence-corrected chi connectivity index (χ4v) is 2.23. The third-order valence-corrected chi connectivity index (χ3v) is 3.27. The second-order valence-electron chi connectivity index (χ2n) is 3.52. The van der Waals surface area contributed by atoms with Gasteiger partial charge >= 0.3 is 18.0 Å². The van der Waals surface area contributed by atoms with E-state index in [1.165, 1.54) is 11.3 Å². The summed E-state index contributed by atoms with van der Waals surface area (Å²) in [7, 11) is 0. The molecule has 0 radical (unpaired) electrons. The average Bonchev–Trinajstić information content (AvgIpc) is 2.71. The Hall–Kier alpha value is -1.80. The van der Waals surface area contributed by atoms with Gasteiger partial charge in [0.05, 0.1) is 17.3 Å². The maximum atomic E-state index is 11.4. The van der Waals surface area contributed by atoms with Gasteiger partial charge in [0.15, 0.2) is 0 Å². The lowest BCUT2D eigenvalue weighted by Crippen LogP contribution is -2.46. The first-order valence-electron chi connectivity index (χ1n) is 5.11. The van der Waals surface area contributed by atoms with Crippen LogP contribution in [0, 0.1) is 0 Å². The Kier molecular flexibility index (Phi) is 5.58. The van der Waals surface area contributed by atoms with Crippen molar-refractivity contribution in [3.63, 3.8) is 0 Å². The van der Waals surface area contributed by atoms with Crippen LogP contribution in [0.2, 0.25) is 4.34 Å². The van der Waals surface area contributed by atoms with Crippen LogP contribution in [0.15, 0.2) is 12.1 Å². The van der Waals surface area contributed by atoms with Crippen LogP contribution in [0.25, 0.3) is 0 Å². The van der Waals surface area contributed by atoms with Gasteiger partial charge in [-0.25, -0.2) is 9.59 Å². The second kappa shape index (κ2) is 6.95. The van der Waals surface area contributed by atoms with Crippen molar-refractivity contribution < 1.29 is 24.6 Å². The minimum absolute atomic E-state index is 0.183. The van der Waals surface area contributed by atoms with E-state index in [2.05, 4.69) is 10.6 Å². The van der Waals surface area contributed by atoms with E-state index < -0.39 is 30.4 Å². The number of aliphatic carboxylic acids is 2. The molecule has 1 atom stereocenters.